The molecule has 3 N–H and O–H groups in total. The van der Waals surface area contributed by atoms with Crippen molar-refractivity contribution in [3.63, 3.8) is 0 Å². The molecule has 0 saturated heterocycles. The molecule has 0 radical (unpaired) electrons. The van der Waals surface area contributed by atoms with Crippen LogP contribution in [0.2, 0.25) is 0 Å². The van der Waals surface area contributed by atoms with Crippen molar-refractivity contribution in [3.05, 3.63) is 35.4 Å². The molecule has 4 nitrogen and oxygen atoms in total. The number of nitrogens with one attached hydrogen (secondary N) is 1. The molecule has 0 aliphatic carbocycles. The Morgan fingerprint density at radius 1 is 1.40 bits per heavy atom. The summed E-state index contributed by atoms with van der Waals surface area (Å²) in [4.78, 5) is 4.60. The number of rotatable bonds is 5. The van der Waals surface area contributed by atoms with Crippen molar-refractivity contribution in [1.29, 1.82) is 0 Å². The Morgan fingerprint density at radius 3 is 2.60 bits per heavy atom. The zero-order valence-electron chi connectivity index (χ0n) is 9.16. The molecule has 4 heteroatoms. The van der Waals surface area contributed by atoms with Gasteiger partial charge in [0.1, 0.15) is 7.11 Å². The zero-order chi connectivity index (χ0) is 11.1. The van der Waals surface area contributed by atoms with Crippen molar-refractivity contribution < 1.29 is 4.84 Å². The van der Waals surface area contributed by atoms with E-state index in [1.54, 1.807) is 0 Å². The lowest BCUT2D eigenvalue weighted by atomic mass is 10.1. The van der Waals surface area contributed by atoms with Crippen molar-refractivity contribution in [3.8, 4) is 0 Å². The van der Waals surface area contributed by atoms with Gasteiger partial charge in [-0.1, -0.05) is 36.3 Å². The average molecular weight is 207 g/mol. The van der Waals surface area contributed by atoms with Crippen LogP contribution in [0.1, 0.15) is 18.1 Å². The van der Waals surface area contributed by atoms with Crippen molar-refractivity contribution in [2.45, 2.75) is 13.5 Å². The summed E-state index contributed by atoms with van der Waals surface area (Å²) in [6.07, 6.45) is 0. The summed E-state index contributed by atoms with van der Waals surface area (Å²) < 4.78 is 0. The molecule has 0 bridgehead atoms. The van der Waals surface area contributed by atoms with Crippen molar-refractivity contribution in [2.75, 3.05) is 13.7 Å². The molecule has 0 heterocycles. The van der Waals surface area contributed by atoms with Crippen molar-refractivity contribution in [2.24, 2.45) is 10.9 Å². The average Bonchev–Trinajstić information content (AvgIpc) is 2.27. The van der Waals surface area contributed by atoms with Crippen LogP contribution in [0.15, 0.2) is 29.4 Å². The van der Waals surface area contributed by atoms with Gasteiger partial charge in [-0.05, 0) is 12.1 Å². The number of amidine groups is 1. The highest BCUT2D eigenvalue weighted by molar-refractivity contribution is 5.97. The summed E-state index contributed by atoms with van der Waals surface area (Å²) in [5.74, 6) is 0.396. The molecule has 15 heavy (non-hydrogen) atoms. The van der Waals surface area contributed by atoms with Gasteiger partial charge in [0.25, 0.3) is 0 Å². The minimum absolute atomic E-state index is 0.396. The molecule has 0 aliphatic heterocycles. The predicted octanol–water partition coefficient (Wildman–Crippen LogP) is 1.06. The Morgan fingerprint density at radius 2 is 2.07 bits per heavy atom. The Labute approximate surface area is 90.1 Å². The van der Waals surface area contributed by atoms with E-state index in [1.165, 1.54) is 12.7 Å². The van der Waals surface area contributed by atoms with E-state index in [0.29, 0.717) is 5.84 Å². The van der Waals surface area contributed by atoms with E-state index >= 15 is 0 Å². The van der Waals surface area contributed by atoms with E-state index in [0.717, 1.165) is 18.7 Å². The SMILES string of the molecule is CCNCc1ccc(/C(N)=N/OC)cc1. The van der Waals surface area contributed by atoms with Crippen LogP contribution in [0.5, 0.6) is 0 Å². The topological polar surface area (TPSA) is 59.6 Å². The van der Waals surface area contributed by atoms with Crippen LogP contribution in [-0.4, -0.2) is 19.5 Å². The van der Waals surface area contributed by atoms with E-state index in [9.17, 15) is 0 Å². The predicted molar refractivity (Wildman–Crippen MR) is 61.6 cm³/mol. The number of nitrogens with zero attached hydrogens (tertiary/aromatic N) is 1. The second-order valence-corrected chi connectivity index (χ2v) is 3.14. The third-order valence-corrected chi connectivity index (χ3v) is 2.02. The summed E-state index contributed by atoms with van der Waals surface area (Å²) in [5.41, 5.74) is 7.77. The number of hydrogen-bond donors (Lipinski definition) is 2. The van der Waals surface area contributed by atoms with Crippen LogP contribution in [0.4, 0.5) is 0 Å². The maximum absolute atomic E-state index is 5.67. The zero-order valence-corrected chi connectivity index (χ0v) is 9.16. The molecule has 0 aliphatic rings. The summed E-state index contributed by atoms with van der Waals surface area (Å²) in [5, 5.41) is 6.92. The quantitative estimate of drug-likeness (QED) is 0.431. The summed E-state index contributed by atoms with van der Waals surface area (Å²) >= 11 is 0. The lowest BCUT2D eigenvalue weighted by molar-refractivity contribution is 0.213. The van der Waals surface area contributed by atoms with Gasteiger partial charge in [0.05, 0.1) is 0 Å². The molecule has 0 saturated carbocycles. The molecule has 0 amide bonds. The summed E-state index contributed by atoms with van der Waals surface area (Å²) in [7, 11) is 1.48. The van der Waals surface area contributed by atoms with E-state index in [1.807, 2.05) is 24.3 Å². The fraction of sp³-hybridized carbons (Fsp3) is 0.364. The van der Waals surface area contributed by atoms with E-state index in [2.05, 4.69) is 22.2 Å². The Hall–Kier alpha value is -1.55. The van der Waals surface area contributed by atoms with E-state index in [-0.39, 0.29) is 0 Å². The standard InChI is InChI=1S/C11H17N3O/c1-3-13-8-9-4-6-10(7-5-9)11(12)14-15-2/h4-7,13H,3,8H2,1-2H3,(H2,12,14). The Bertz CT molecular complexity index is 319. The highest BCUT2D eigenvalue weighted by Crippen LogP contribution is 2.04. The third kappa shape index (κ3) is 3.59. The number of benzene rings is 1. The lowest BCUT2D eigenvalue weighted by Crippen LogP contribution is -2.14. The third-order valence-electron chi connectivity index (χ3n) is 2.02. The first-order chi connectivity index (χ1) is 7.27. The highest BCUT2D eigenvalue weighted by Gasteiger charge is 1.98. The van der Waals surface area contributed by atoms with Crippen LogP contribution in [0.3, 0.4) is 0 Å². The normalized spacial score (nSPS) is 11.5. The largest absolute Gasteiger partial charge is 0.397 e. The lowest BCUT2D eigenvalue weighted by Gasteiger charge is -2.03. The number of oxime groups is 1. The Balaban J connectivity index is 2.67. The van der Waals surface area contributed by atoms with Crippen LogP contribution in [0, 0.1) is 0 Å². The molecular weight excluding hydrogens is 190 g/mol. The van der Waals surface area contributed by atoms with Gasteiger partial charge in [-0.15, -0.1) is 0 Å². The first-order valence-corrected chi connectivity index (χ1v) is 4.94. The first kappa shape index (κ1) is 11.5. The minimum Gasteiger partial charge on any atom is -0.397 e. The molecule has 0 fully saturated rings. The molecule has 0 atom stereocenters. The molecule has 1 rings (SSSR count). The van der Waals surface area contributed by atoms with Gasteiger partial charge < -0.3 is 15.9 Å². The highest BCUT2D eigenvalue weighted by atomic mass is 16.6. The second kappa shape index (κ2) is 6.03. The summed E-state index contributed by atoms with van der Waals surface area (Å²) in [6, 6.07) is 7.92. The molecule has 0 aromatic heterocycles. The minimum atomic E-state index is 0.396. The molecule has 82 valence electrons. The van der Waals surface area contributed by atoms with Gasteiger partial charge in [0, 0.05) is 12.1 Å². The van der Waals surface area contributed by atoms with Crippen molar-refractivity contribution in [1.82, 2.24) is 5.32 Å². The molecule has 1 aromatic carbocycles. The number of nitrogens with two attached hydrogens (primary N) is 1. The molecular formula is C11H17N3O. The van der Waals surface area contributed by atoms with Gasteiger partial charge in [0.2, 0.25) is 0 Å². The smallest absolute Gasteiger partial charge is 0.170 e. The fourth-order valence-electron chi connectivity index (χ4n) is 1.21. The van der Waals surface area contributed by atoms with E-state index in [4.69, 9.17) is 5.73 Å². The molecule has 0 spiro atoms. The second-order valence-electron chi connectivity index (χ2n) is 3.14. The van der Waals surface area contributed by atoms with Gasteiger partial charge in [-0.25, -0.2) is 0 Å². The molecule has 0 unspecified atom stereocenters. The van der Waals surface area contributed by atoms with E-state index < -0.39 is 0 Å². The van der Waals surface area contributed by atoms with Crippen LogP contribution < -0.4 is 11.1 Å². The van der Waals surface area contributed by atoms with Crippen LogP contribution >= 0.6 is 0 Å². The van der Waals surface area contributed by atoms with Gasteiger partial charge in [0.15, 0.2) is 5.84 Å². The molecule has 1 aromatic rings. The Kier molecular flexibility index (Phi) is 4.63. The van der Waals surface area contributed by atoms with Gasteiger partial charge in [-0.2, -0.15) is 0 Å². The van der Waals surface area contributed by atoms with Crippen molar-refractivity contribution >= 4 is 5.84 Å². The van der Waals surface area contributed by atoms with Crippen LogP contribution in [-0.2, 0) is 11.4 Å². The van der Waals surface area contributed by atoms with Crippen LogP contribution in [0.25, 0.3) is 0 Å². The maximum atomic E-state index is 5.67. The number of hydrogen-bond acceptors (Lipinski definition) is 3. The van der Waals surface area contributed by atoms with Gasteiger partial charge >= 0.3 is 0 Å². The fourth-order valence-corrected chi connectivity index (χ4v) is 1.21. The first-order valence-electron chi connectivity index (χ1n) is 4.94. The van der Waals surface area contributed by atoms with Gasteiger partial charge in [-0.3, -0.25) is 0 Å². The maximum Gasteiger partial charge on any atom is 0.170 e. The monoisotopic (exact) mass is 207 g/mol. The summed E-state index contributed by atoms with van der Waals surface area (Å²) in [6.45, 7) is 3.92.